The van der Waals surface area contributed by atoms with Crippen LogP contribution in [0, 0.1) is 23.2 Å². The standard InChI is InChI=1S/C15H28BNO2.ClH/c1-9(2)6-13(17)16-18-12-8-10-7-11(14(10,3)4)15(12,5)19-16;/h9-13H,6-8,17H2,1-5H3;1H/t10-,11-,12-,13?,15-;/m0./s1. The first-order chi connectivity index (χ1) is 8.75. The van der Waals surface area contributed by atoms with Gasteiger partial charge < -0.3 is 15.0 Å². The van der Waals surface area contributed by atoms with Gasteiger partial charge in [-0.15, -0.1) is 12.4 Å². The summed E-state index contributed by atoms with van der Waals surface area (Å²) < 4.78 is 12.5. The molecular formula is C15H29BClNO2. The van der Waals surface area contributed by atoms with Gasteiger partial charge in [-0.2, -0.15) is 0 Å². The lowest BCUT2D eigenvalue weighted by Crippen LogP contribution is -2.65. The first-order valence-corrected chi connectivity index (χ1v) is 7.84. The summed E-state index contributed by atoms with van der Waals surface area (Å²) in [5.74, 6) is 2.02. The Morgan fingerprint density at radius 2 is 1.90 bits per heavy atom. The predicted octanol–water partition coefficient (Wildman–Crippen LogP) is 3.05. The van der Waals surface area contributed by atoms with Gasteiger partial charge in [0.15, 0.2) is 0 Å². The topological polar surface area (TPSA) is 44.5 Å². The van der Waals surface area contributed by atoms with Crippen LogP contribution in [-0.2, 0) is 9.31 Å². The van der Waals surface area contributed by atoms with E-state index in [0.29, 0.717) is 17.3 Å². The second kappa shape index (κ2) is 5.15. The van der Waals surface area contributed by atoms with E-state index in [1.165, 1.54) is 6.42 Å². The fourth-order valence-corrected chi connectivity index (χ4v) is 4.74. The molecule has 1 heterocycles. The number of hydrogen-bond donors (Lipinski definition) is 1. The lowest BCUT2D eigenvalue weighted by atomic mass is 9.43. The largest absolute Gasteiger partial charge is 0.475 e. The summed E-state index contributed by atoms with van der Waals surface area (Å²) in [6, 6.07) is 0. The molecule has 0 aromatic rings. The summed E-state index contributed by atoms with van der Waals surface area (Å²) in [6.45, 7) is 11.4. The molecule has 1 aliphatic heterocycles. The summed E-state index contributed by atoms with van der Waals surface area (Å²) in [4.78, 5) is 0. The van der Waals surface area contributed by atoms with Crippen LogP contribution in [0.15, 0.2) is 0 Å². The molecule has 3 saturated carbocycles. The third-order valence-corrected chi connectivity index (χ3v) is 6.06. The number of nitrogens with two attached hydrogens (primary N) is 1. The minimum absolute atomic E-state index is 0. The zero-order chi connectivity index (χ0) is 14.0. The predicted molar refractivity (Wildman–Crippen MR) is 84.8 cm³/mol. The van der Waals surface area contributed by atoms with E-state index in [4.69, 9.17) is 15.0 Å². The van der Waals surface area contributed by atoms with E-state index in [9.17, 15) is 0 Å². The summed E-state index contributed by atoms with van der Waals surface area (Å²) in [7, 11) is -0.201. The van der Waals surface area contributed by atoms with Crippen molar-refractivity contribution in [2.45, 2.75) is 71.5 Å². The average molecular weight is 302 g/mol. The van der Waals surface area contributed by atoms with Gasteiger partial charge in [0.25, 0.3) is 0 Å². The molecule has 2 N–H and O–H groups in total. The number of halogens is 1. The molecule has 1 unspecified atom stereocenters. The minimum atomic E-state index is -0.201. The summed E-state index contributed by atoms with van der Waals surface area (Å²) in [6.07, 6.45) is 3.67. The molecule has 4 aliphatic rings. The molecule has 0 radical (unpaired) electrons. The Kier molecular flexibility index (Phi) is 4.28. The van der Waals surface area contributed by atoms with Gasteiger partial charge in [-0.25, -0.2) is 0 Å². The maximum atomic E-state index is 6.35. The summed E-state index contributed by atoms with van der Waals surface area (Å²) in [5.41, 5.74) is 6.56. The molecule has 2 bridgehead atoms. The molecule has 5 heteroatoms. The molecule has 3 nitrogen and oxygen atoms in total. The SMILES string of the molecule is CC(C)CC(N)B1O[C@H]2C[C@@H]3C[C@@H](C3(C)C)[C@]2(C)O1.Cl. The highest BCUT2D eigenvalue weighted by molar-refractivity contribution is 6.47. The molecule has 5 atom stereocenters. The van der Waals surface area contributed by atoms with E-state index in [-0.39, 0.29) is 37.2 Å². The van der Waals surface area contributed by atoms with Gasteiger partial charge in [0.1, 0.15) is 0 Å². The molecular weight excluding hydrogens is 272 g/mol. The molecule has 0 amide bonds. The van der Waals surface area contributed by atoms with Crippen LogP contribution < -0.4 is 5.73 Å². The van der Waals surface area contributed by atoms with Gasteiger partial charge in [0.05, 0.1) is 11.7 Å². The van der Waals surface area contributed by atoms with Gasteiger partial charge in [-0.05, 0) is 49.4 Å². The summed E-state index contributed by atoms with van der Waals surface area (Å²) >= 11 is 0. The molecule has 4 fully saturated rings. The zero-order valence-electron chi connectivity index (χ0n) is 13.4. The lowest BCUT2D eigenvalue weighted by Gasteiger charge is -2.64. The lowest BCUT2D eigenvalue weighted by molar-refractivity contribution is -0.199. The van der Waals surface area contributed by atoms with E-state index in [1.54, 1.807) is 0 Å². The van der Waals surface area contributed by atoms with Crippen molar-refractivity contribution < 1.29 is 9.31 Å². The van der Waals surface area contributed by atoms with Crippen molar-refractivity contribution >= 4 is 19.5 Å². The highest BCUT2D eigenvalue weighted by Gasteiger charge is 2.68. The van der Waals surface area contributed by atoms with E-state index in [0.717, 1.165) is 18.8 Å². The minimum Gasteiger partial charge on any atom is -0.404 e. The molecule has 0 aromatic heterocycles. The van der Waals surface area contributed by atoms with Crippen molar-refractivity contribution in [1.82, 2.24) is 0 Å². The molecule has 4 rings (SSSR count). The van der Waals surface area contributed by atoms with Crippen LogP contribution >= 0.6 is 12.4 Å². The maximum absolute atomic E-state index is 6.35. The number of hydrogen-bond acceptors (Lipinski definition) is 3. The Labute approximate surface area is 129 Å². The molecule has 1 saturated heterocycles. The average Bonchev–Trinajstić information content (AvgIpc) is 2.64. The second-order valence-electron chi connectivity index (χ2n) is 8.13. The normalized spacial score (nSPS) is 42.8. The van der Waals surface area contributed by atoms with Gasteiger partial charge in [-0.1, -0.05) is 27.7 Å². The van der Waals surface area contributed by atoms with Crippen molar-refractivity contribution in [2.24, 2.45) is 28.9 Å². The van der Waals surface area contributed by atoms with Gasteiger partial charge in [-0.3, -0.25) is 0 Å². The van der Waals surface area contributed by atoms with Gasteiger partial charge in [0.2, 0.25) is 0 Å². The van der Waals surface area contributed by atoms with Crippen molar-refractivity contribution in [2.75, 3.05) is 0 Å². The summed E-state index contributed by atoms with van der Waals surface area (Å²) in [5, 5.41) is 0. The third-order valence-electron chi connectivity index (χ3n) is 6.06. The first-order valence-electron chi connectivity index (χ1n) is 7.84. The second-order valence-corrected chi connectivity index (χ2v) is 8.13. The van der Waals surface area contributed by atoms with Crippen molar-refractivity contribution in [1.29, 1.82) is 0 Å². The Bertz CT molecular complexity index is 379. The maximum Gasteiger partial charge on any atom is 0.475 e. The molecule has 0 spiro atoms. The third kappa shape index (κ3) is 2.23. The van der Waals surface area contributed by atoms with Crippen LogP contribution in [0.2, 0.25) is 0 Å². The van der Waals surface area contributed by atoms with Crippen LogP contribution in [0.5, 0.6) is 0 Å². The smallest absolute Gasteiger partial charge is 0.404 e. The Balaban J connectivity index is 0.00000147. The van der Waals surface area contributed by atoms with Crippen LogP contribution in [0.25, 0.3) is 0 Å². The monoisotopic (exact) mass is 301 g/mol. The van der Waals surface area contributed by atoms with Crippen LogP contribution in [-0.4, -0.2) is 24.8 Å². The van der Waals surface area contributed by atoms with Gasteiger partial charge >= 0.3 is 7.12 Å². The zero-order valence-corrected chi connectivity index (χ0v) is 14.2. The number of rotatable bonds is 3. The fraction of sp³-hybridized carbons (Fsp3) is 1.00. The van der Waals surface area contributed by atoms with Crippen molar-refractivity contribution in [3.63, 3.8) is 0 Å². The quantitative estimate of drug-likeness (QED) is 0.815. The van der Waals surface area contributed by atoms with Crippen molar-refractivity contribution in [3.05, 3.63) is 0 Å². The van der Waals surface area contributed by atoms with Crippen LogP contribution in [0.1, 0.15) is 53.9 Å². The first kappa shape index (κ1) is 16.6. The highest BCUT2D eigenvalue weighted by Crippen LogP contribution is 2.65. The molecule has 116 valence electrons. The van der Waals surface area contributed by atoms with E-state index < -0.39 is 0 Å². The molecule has 0 aromatic carbocycles. The highest BCUT2D eigenvalue weighted by atomic mass is 35.5. The van der Waals surface area contributed by atoms with E-state index in [2.05, 4.69) is 34.6 Å². The van der Waals surface area contributed by atoms with E-state index in [1.807, 2.05) is 0 Å². The Hall–Kier alpha value is 0.235. The Morgan fingerprint density at radius 3 is 2.45 bits per heavy atom. The van der Waals surface area contributed by atoms with Crippen LogP contribution in [0.3, 0.4) is 0 Å². The van der Waals surface area contributed by atoms with Gasteiger partial charge in [0, 0.05) is 5.94 Å². The fourth-order valence-electron chi connectivity index (χ4n) is 4.74. The molecule has 20 heavy (non-hydrogen) atoms. The van der Waals surface area contributed by atoms with Crippen molar-refractivity contribution in [3.8, 4) is 0 Å². The Morgan fingerprint density at radius 1 is 1.25 bits per heavy atom. The molecule has 3 aliphatic carbocycles. The van der Waals surface area contributed by atoms with Crippen LogP contribution in [0.4, 0.5) is 0 Å². The van der Waals surface area contributed by atoms with E-state index >= 15 is 0 Å².